The number of para-hydroxylation sites is 1. The Labute approximate surface area is 149 Å². The van der Waals surface area contributed by atoms with E-state index < -0.39 is 0 Å². The maximum atomic E-state index is 9.53. The molecule has 2 aliphatic heterocycles. The van der Waals surface area contributed by atoms with Crippen LogP contribution in [0.1, 0.15) is 37.2 Å². The molecule has 3 heterocycles. The van der Waals surface area contributed by atoms with Crippen molar-refractivity contribution in [2.45, 2.75) is 37.8 Å². The summed E-state index contributed by atoms with van der Waals surface area (Å²) in [4.78, 5) is 13.1. The first-order chi connectivity index (χ1) is 12.3. The van der Waals surface area contributed by atoms with Gasteiger partial charge in [-0.15, -0.1) is 0 Å². The molecule has 0 saturated carbocycles. The Morgan fingerprint density at radius 2 is 1.80 bits per heavy atom. The summed E-state index contributed by atoms with van der Waals surface area (Å²) < 4.78 is 0. The van der Waals surface area contributed by atoms with Gasteiger partial charge >= 0.3 is 0 Å². The number of aromatic amines is 1. The van der Waals surface area contributed by atoms with Crippen LogP contribution in [0, 0.1) is 5.92 Å². The lowest BCUT2D eigenvalue weighted by Gasteiger charge is -2.41. The molecule has 5 heteroatoms. The van der Waals surface area contributed by atoms with Crippen molar-refractivity contribution >= 4 is 10.9 Å². The fourth-order valence-corrected chi connectivity index (χ4v) is 4.66. The summed E-state index contributed by atoms with van der Waals surface area (Å²) >= 11 is 0. The van der Waals surface area contributed by atoms with E-state index in [1.54, 1.807) is 0 Å². The third kappa shape index (κ3) is 3.47. The van der Waals surface area contributed by atoms with Gasteiger partial charge in [0.15, 0.2) is 0 Å². The van der Waals surface area contributed by atoms with E-state index in [-0.39, 0.29) is 6.23 Å². The molecule has 1 aromatic carbocycles. The van der Waals surface area contributed by atoms with Crippen LogP contribution in [0.5, 0.6) is 0 Å². The number of piperidine rings is 2. The summed E-state index contributed by atoms with van der Waals surface area (Å²) in [5.74, 6) is 1.02. The highest BCUT2D eigenvalue weighted by Crippen LogP contribution is 2.35. The minimum Gasteiger partial charge on any atom is -0.361 e. The molecule has 2 fully saturated rings. The van der Waals surface area contributed by atoms with Gasteiger partial charge in [-0.25, -0.2) is 4.89 Å². The van der Waals surface area contributed by atoms with Gasteiger partial charge in [0.2, 0.25) is 0 Å². The number of hydrogen-bond acceptors (Lipinski definition) is 4. The minimum atomic E-state index is -0.141. The van der Waals surface area contributed by atoms with Gasteiger partial charge < -0.3 is 9.88 Å². The molecule has 2 aromatic rings. The normalized spacial score (nSPS) is 23.3. The molecule has 2 aliphatic rings. The minimum absolute atomic E-state index is 0.141. The fourth-order valence-electron chi connectivity index (χ4n) is 4.66. The topological polar surface area (TPSA) is 51.7 Å². The van der Waals surface area contributed by atoms with E-state index in [4.69, 9.17) is 4.89 Å². The molecule has 136 valence electrons. The van der Waals surface area contributed by atoms with Crippen molar-refractivity contribution in [3.05, 3.63) is 36.0 Å². The Morgan fingerprint density at radius 3 is 2.52 bits per heavy atom. The molecule has 1 aromatic heterocycles. The summed E-state index contributed by atoms with van der Waals surface area (Å²) in [5, 5.41) is 10.9. The summed E-state index contributed by atoms with van der Waals surface area (Å²) in [7, 11) is 2.16. The van der Waals surface area contributed by atoms with Crippen molar-refractivity contribution < 1.29 is 10.1 Å². The number of fused-ring (bicyclic) bond motifs is 1. The van der Waals surface area contributed by atoms with Crippen LogP contribution < -0.4 is 0 Å². The van der Waals surface area contributed by atoms with E-state index in [2.05, 4.69) is 52.3 Å². The van der Waals surface area contributed by atoms with Crippen LogP contribution >= 0.6 is 0 Å². The highest BCUT2D eigenvalue weighted by Gasteiger charge is 2.34. The molecular weight excluding hydrogens is 314 g/mol. The summed E-state index contributed by atoms with van der Waals surface area (Å²) in [6.07, 6.45) is 6.48. The number of aromatic nitrogens is 1. The molecule has 0 spiro atoms. The number of hydrogen-bond donors (Lipinski definition) is 2. The van der Waals surface area contributed by atoms with Crippen molar-refractivity contribution in [1.29, 1.82) is 0 Å². The Bertz CT molecular complexity index is 685. The van der Waals surface area contributed by atoms with Gasteiger partial charge in [-0.1, -0.05) is 18.2 Å². The molecule has 0 amide bonds. The average Bonchev–Trinajstić information content (AvgIpc) is 3.09. The van der Waals surface area contributed by atoms with Gasteiger partial charge in [-0.2, -0.15) is 0 Å². The van der Waals surface area contributed by atoms with Crippen LogP contribution in [0.3, 0.4) is 0 Å². The Morgan fingerprint density at radius 1 is 1.08 bits per heavy atom. The van der Waals surface area contributed by atoms with Gasteiger partial charge in [-0.05, 0) is 63.4 Å². The second-order valence-corrected chi connectivity index (χ2v) is 7.74. The smallest absolute Gasteiger partial charge is 0.148 e. The van der Waals surface area contributed by atoms with Crippen molar-refractivity contribution in [3.63, 3.8) is 0 Å². The number of nitrogens with zero attached hydrogens (tertiary/aromatic N) is 2. The molecule has 2 N–H and O–H groups in total. The van der Waals surface area contributed by atoms with Crippen molar-refractivity contribution in [2.24, 2.45) is 5.92 Å². The van der Waals surface area contributed by atoms with Gasteiger partial charge in [-0.3, -0.25) is 10.2 Å². The number of rotatable bonds is 4. The largest absolute Gasteiger partial charge is 0.361 e. The standard InChI is InChI=1S/C20H29N3O2/c1-22-10-6-16(7-11-22)20(25-24)23-12-8-15(9-13-23)18-14-21-19-5-3-2-4-17(18)19/h2-5,14-16,20-21,24H,6-13H2,1H3/t20-/m1/s1. The monoisotopic (exact) mass is 343 g/mol. The lowest BCUT2D eigenvalue weighted by molar-refractivity contribution is -0.330. The van der Waals surface area contributed by atoms with E-state index >= 15 is 0 Å². The zero-order valence-electron chi connectivity index (χ0n) is 15.0. The van der Waals surface area contributed by atoms with Gasteiger partial charge in [0.25, 0.3) is 0 Å². The van der Waals surface area contributed by atoms with Gasteiger partial charge in [0, 0.05) is 36.1 Å². The number of nitrogens with one attached hydrogen (secondary N) is 1. The maximum absolute atomic E-state index is 9.53. The Hall–Kier alpha value is -1.40. The first-order valence-corrected chi connectivity index (χ1v) is 9.55. The second-order valence-electron chi connectivity index (χ2n) is 7.74. The van der Waals surface area contributed by atoms with Crippen LogP contribution in [0.4, 0.5) is 0 Å². The highest BCUT2D eigenvalue weighted by atomic mass is 17.1. The maximum Gasteiger partial charge on any atom is 0.148 e. The summed E-state index contributed by atoms with van der Waals surface area (Å²) in [5.41, 5.74) is 2.67. The molecule has 1 atom stereocenters. The first-order valence-electron chi connectivity index (χ1n) is 9.55. The molecule has 0 unspecified atom stereocenters. The van der Waals surface area contributed by atoms with Crippen LogP contribution in [-0.2, 0) is 4.89 Å². The average molecular weight is 343 g/mol. The Balaban J connectivity index is 1.40. The molecule has 0 aliphatic carbocycles. The molecule has 4 rings (SSSR count). The summed E-state index contributed by atoms with van der Waals surface area (Å²) in [6.45, 7) is 4.16. The summed E-state index contributed by atoms with van der Waals surface area (Å²) in [6, 6.07) is 8.55. The zero-order valence-corrected chi connectivity index (χ0v) is 15.0. The Kier molecular flexibility index (Phi) is 5.08. The van der Waals surface area contributed by atoms with Crippen molar-refractivity contribution in [3.8, 4) is 0 Å². The SMILES string of the molecule is CN1CCC([C@@H](OO)N2CCC(c3c[nH]c4ccccc34)CC2)CC1. The lowest BCUT2D eigenvalue weighted by atomic mass is 9.87. The second kappa shape index (κ2) is 7.46. The van der Waals surface area contributed by atoms with E-state index in [1.165, 1.54) is 16.5 Å². The van der Waals surface area contributed by atoms with Gasteiger partial charge in [0.05, 0.1) is 0 Å². The molecule has 2 saturated heterocycles. The predicted molar refractivity (Wildman–Crippen MR) is 99.6 cm³/mol. The van der Waals surface area contributed by atoms with Gasteiger partial charge in [0.1, 0.15) is 6.23 Å². The fraction of sp³-hybridized carbons (Fsp3) is 0.600. The number of benzene rings is 1. The van der Waals surface area contributed by atoms with E-state index in [0.717, 1.165) is 51.9 Å². The first kappa shape index (κ1) is 17.0. The van der Waals surface area contributed by atoms with Crippen molar-refractivity contribution in [1.82, 2.24) is 14.8 Å². The zero-order chi connectivity index (χ0) is 17.2. The number of H-pyrrole nitrogens is 1. The quantitative estimate of drug-likeness (QED) is 0.659. The highest BCUT2D eigenvalue weighted by molar-refractivity contribution is 5.83. The van der Waals surface area contributed by atoms with Crippen molar-refractivity contribution in [2.75, 3.05) is 33.2 Å². The molecule has 0 bridgehead atoms. The molecular formula is C20H29N3O2. The molecule has 25 heavy (non-hydrogen) atoms. The van der Waals surface area contributed by atoms with E-state index in [1.807, 2.05) is 0 Å². The van der Waals surface area contributed by atoms with Crippen LogP contribution in [-0.4, -0.2) is 59.5 Å². The van der Waals surface area contributed by atoms with Crippen LogP contribution in [0.25, 0.3) is 10.9 Å². The predicted octanol–water partition coefficient (Wildman–Crippen LogP) is 3.50. The number of likely N-dealkylation sites (tertiary alicyclic amines) is 2. The molecule has 0 radical (unpaired) electrons. The molecule has 5 nitrogen and oxygen atoms in total. The van der Waals surface area contributed by atoms with Crippen LogP contribution in [0.2, 0.25) is 0 Å². The third-order valence-corrected chi connectivity index (χ3v) is 6.22. The third-order valence-electron chi connectivity index (χ3n) is 6.22. The lowest BCUT2D eigenvalue weighted by Crippen LogP contribution is -2.48. The van der Waals surface area contributed by atoms with Crippen LogP contribution in [0.15, 0.2) is 30.5 Å². The van der Waals surface area contributed by atoms with E-state index in [0.29, 0.717) is 11.8 Å². The van der Waals surface area contributed by atoms with E-state index in [9.17, 15) is 5.26 Å².